The van der Waals surface area contributed by atoms with Crippen molar-refractivity contribution in [3.05, 3.63) is 34.4 Å². The van der Waals surface area contributed by atoms with Crippen molar-refractivity contribution in [3.63, 3.8) is 0 Å². The first-order chi connectivity index (χ1) is 12.5. The number of non-ortho nitro benzene ring substituents is 1. The summed E-state index contributed by atoms with van der Waals surface area (Å²) in [7, 11) is 0. The van der Waals surface area contributed by atoms with Gasteiger partial charge in [0.25, 0.3) is 5.69 Å². The lowest BCUT2D eigenvalue weighted by molar-refractivity contribution is -0.384. The number of hydrogen-bond acceptors (Lipinski definition) is 8. The van der Waals surface area contributed by atoms with E-state index in [0.717, 1.165) is 12.8 Å². The third-order valence-corrected chi connectivity index (χ3v) is 5.05. The number of hydrogen-bond donors (Lipinski definition) is 2. The number of aromatic nitrogens is 2. The highest BCUT2D eigenvalue weighted by molar-refractivity contribution is 8.01. The third-order valence-electron chi connectivity index (χ3n) is 3.08. The molecule has 11 heteroatoms. The van der Waals surface area contributed by atoms with Crippen LogP contribution in [0.25, 0.3) is 0 Å². The van der Waals surface area contributed by atoms with Crippen LogP contribution in [-0.2, 0) is 9.59 Å². The second-order valence-electron chi connectivity index (χ2n) is 5.17. The van der Waals surface area contributed by atoms with Gasteiger partial charge in [0.05, 0.1) is 10.7 Å². The number of carbonyl (C=O) groups excluding carboxylic acids is 2. The SMILES string of the molecule is CCCCC(=O)Nc1nnc(SCC(=O)Nc2cccc([N+](=O)[O-])c2)s1. The van der Waals surface area contributed by atoms with Gasteiger partial charge in [-0.25, -0.2) is 0 Å². The van der Waals surface area contributed by atoms with Gasteiger partial charge < -0.3 is 10.6 Å². The summed E-state index contributed by atoms with van der Waals surface area (Å²) < 4.78 is 0.546. The fraction of sp³-hybridized carbons (Fsp3) is 0.333. The lowest BCUT2D eigenvalue weighted by Crippen LogP contribution is -2.14. The number of benzene rings is 1. The average molecular weight is 395 g/mol. The second-order valence-corrected chi connectivity index (χ2v) is 7.37. The molecule has 2 amide bonds. The van der Waals surface area contributed by atoms with Crippen molar-refractivity contribution < 1.29 is 14.5 Å². The number of carbonyl (C=O) groups is 2. The minimum atomic E-state index is -0.526. The van der Waals surface area contributed by atoms with Gasteiger partial charge in [0, 0.05) is 24.2 Å². The maximum Gasteiger partial charge on any atom is 0.271 e. The van der Waals surface area contributed by atoms with Gasteiger partial charge in [-0.1, -0.05) is 42.5 Å². The smallest absolute Gasteiger partial charge is 0.271 e. The van der Waals surface area contributed by atoms with Crippen LogP contribution < -0.4 is 10.6 Å². The third kappa shape index (κ3) is 6.41. The zero-order valence-corrected chi connectivity index (χ0v) is 15.6. The highest BCUT2D eigenvalue weighted by Crippen LogP contribution is 2.26. The number of unbranched alkanes of at least 4 members (excludes halogenated alkanes) is 1. The van der Waals surface area contributed by atoms with E-state index in [1.54, 1.807) is 6.07 Å². The fourth-order valence-corrected chi connectivity index (χ4v) is 3.43. The summed E-state index contributed by atoms with van der Waals surface area (Å²) in [5.41, 5.74) is 0.258. The number of nitrogens with one attached hydrogen (secondary N) is 2. The van der Waals surface area contributed by atoms with E-state index in [-0.39, 0.29) is 23.3 Å². The molecule has 0 atom stereocenters. The Labute approximate surface area is 157 Å². The molecule has 1 heterocycles. The number of amides is 2. The summed E-state index contributed by atoms with van der Waals surface area (Å²) in [6.07, 6.45) is 2.18. The van der Waals surface area contributed by atoms with Gasteiger partial charge in [0.1, 0.15) is 0 Å². The fourth-order valence-electron chi connectivity index (χ4n) is 1.86. The number of anilines is 2. The Morgan fingerprint density at radius 3 is 2.81 bits per heavy atom. The average Bonchev–Trinajstić information content (AvgIpc) is 3.05. The summed E-state index contributed by atoms with van der Waals surface area (Å²) in [4.78, 5) is 33.8. The maximum absolute atomic E-state index is 12.0. The van der Waals surface area contributed by atoms with Crippen molar-refractivity contribution >= 4 is 51.4 Å². The van der Waals surface area contributed by atoms with Crippen LogP contribution in [0.15, 0.2) is 28.6 Å². The monoisotopic (exact) mass is 395 g/mol. The molecule has 2 rings (SSSR count). The maximum atomic E-state index is 12.0. The summed E-state index contributed by atoms with van der Waals surface area (Å²) >= 11 is 2.36. The first-order valence-corrected chi connectivity index (χ1v) is 9.58. The normalized spacial score (nSPS) is 10.3. The highest BCUT2D eigenvalue weighted by atomic mass is 32.2. The van der Waals surface area contributed by atoms with Crippen molar-refractivity contribution in [1.82, 2.24) is 10.2 Å². The van der Waals surface area contributed by atoms with Gasteiger partial charge in [0.15, 0.2) is 4.34 Å². The summed E-state index contributed by atoms with van der Waals surface area (Å²) in [6.45, 7) is 2.01. The number of rotatable bonds is 9. The number of nitro benzene ring substituents is 1. The molecule has 0 aliphatic rings. The second kappa shape index (κ2) is 9.82. The first kappa shape index (κ1) is 19.8. The molecule has 26 heavy (non-hydrogen) atoms. The van der Waals surface area contributed by atoms with E-state index in [2.05, 4.69) is 20.8 Å². The Balaban J connectivity index is 1.81. The van der Waals surface area contributed by atoms with Gasteiger partial charge in [0.2, 0.25) is 16.9 Å². The molecule has 0 bridgehead atoms. The van der Waals surface area contributed by atoms with E-state index >= 15 is 0 Å². The van der Waals surface area contributed by atoms with Gasteiger partial charge in [-0.05, 0) is 12.5 Å². The predicted molar refractivity (Wildman–Crippen MR) is 101 cm³/mol. The van der Waals surface area contributed by atoms with Gasteiger partial charge in [-0.3, -0.25) is 19.7 Å². The van der Waals surface area contributed by atoms with E-state index in [1.165, 1.54) is 41.3 Å². The minimum absolute atomic E-state index is 0.0705. The lowest BCUT2D eigenvalue weighted by atomic mass is 10.2. The van der Waals surface area contributed by atoms with E-state index < -0.39 is 4.92 Å². The van der Waals surface area contributed by atoms with Gasteiger partial charge >= 0.3 is 0 Å². The van der Waals surface area contributed by atoms with Crippen LogP contribution in [0.5, 0.6) is 0 Å². The van der Waals surface area contributed by atoms with Crippen LogP contribution in [0.1, 0.15) is 26.2 Å². The predicted octanol–water partition coefficient (Wildman–Crippen LogP) is 3.31. The molecule has 0 saturated heterocycles. The molecule has 0 spiro atoms. The minimum Gasteiger partial charge on any atom is -0.325 e. The molecular formula is C15H17N5O4S2. The Morgan fingerprint density at radius 2 is 2.08 bits per heavy atom. The summed E-state index contributed by atoms with van der Waals surface area (Å²) in [6, 6.07) is 5.71. The Kier molecular flexibility index (Phi) is 7.48. The molecule has 0 aliphatic carbocycles. The van der Waals surface area contributed by atoms with Crippen molar-refractivity contribution in [1.29, 1.82) is 0 Å². The number of nitro groups is 1. The van der Waals surface area contributed by atoms with Gasteiger partial charge in [-0.2, -0.15) is 0 Å². The van der Waals surface area contributed by atoms with E-state index in [4.69, 9.17) is 0 Å². The largest absolute Gasteiger partial charge is 0.325 e. The van der Waals surface area contributed by atoms with Crippen LogP contribution in [-0.4, -0.2) is 32.7 Å². The quantitative estimate of drug-likeness (QED) is 0.288. The number of nitrogens with zero attached hydrogens (tertiary/aromatic N) is 3. The molecule has 1 aromatic heterocycles. The summed E-state index contributed by atoms with van der Waals surface area (Å²) in [5.74, 6) is -0.358. The standard InChI is InChI=1S/C15H17N5O4S2/c1-2-3-7-12(21)17-14-18-19-15(26-14)25-9-13(22)16-10-5-4-6-11(8-10)20(23)24/h4-6,8H,2-3,7,9H2,1H3,(H,16,22)(H,17,18,21). The zero-order chi connectivity index (χ0) is 18.9. The molecule has 1 aromatic carbocycles. The highest BCUT2D eigenvalue weighted by Gasteiger charge is 2.12. The van der Waals surface area contributed by atoms with Crippen LogP contribution in [0, 0.1) is 10.1 Å². The van der Waals surface area contributed by atoms with Crippen molar-refractivity contribution in [2.24, 2.45) is 0 Å². The molecule has 0 unspecified atom stereocenters. The molecule has 0 aliphatic heterocycles. The zero-order valence-electron chi connectivity index (χ0n) is 13.9. The van der Waals surface area contributed by atoms with Crippen LogP contribution in [0.2, 0.25) is 0 Å². The van der Waals surface area contributed by atoms with Crippen LogP contribution in [0.4, 0.5) is 16.5 Å². The molecule has 9 nitrogen and oxygen atoms in total. The molecule has 138 valence electrons. The molecule has 0 radical (unpaired) electrons. The lowest BCUT2D eigenvalue weighted by Gasteiger charge is -2.03. The van der Waals surface area contributed by atoms with Crippen molar-refractivity contribution in [3.8, 4) is 0 Å². The molecule has 0 saturated carbocycles. The van der Waals surface area contributed by atoms with Crippen LogP contribution >= 0.6 is 23.1 Å². The van der Waals surface area contributed by atoms with Gasteiger partial charge in [-0.15, -0.1) is 10.2 Å². The summed E-state index contributed by atoms with van der Waals surface area (Å²) in [5, 5.41) is 24.2. The van der Waals surface area contributed by atoms with E-state index in [9.17, 15) is 19.7 Å². The topological polar surface area (TPSA) is 127 Å². The number of thioether (sulfide) groups is 1. The first-order valence-electron chi connectivity index (χ1n) is 7.78. The molecule has 0 fully saturated rings. The molecular weight excluding hydrogens is 378 g/mol. The Morgan fingerprint density at radius 1 is 1.27 bits per heavy atom. The van der Waals surface area contributed by atoms with Crippen molar-refractivity contribution in [2.45, 2.75) is 30.5 Å². The molecule has 2 aromatic rings. The Hall–Kier alpha value is -2.53. The Bertz CT molecular complexity index is 796. The van der Waals surface area contributed by atoms with Crippen LogP contribution in [0.3, 0.4) is 0 Å². The van der Waals surface area contributed by atoms with E-state index in [1.807, 2.05) is 6.92 Å². The molecule has 2 N–H and O–H groups in total. The van der Waals surface area contributed by atoms with E-state index in [0.29, 0.717) is 21.6 Å². The van der Waals surface area contributed by atoms with Crippen molar-refractivity contribution in [2.75, 3.05) is 16.4 Å².